The molecule has 3 unspecified atom stereocenters. The summed E-state index contributed by atoms with van der Waals surface area (Å²) in [5, 5.41) is 16.3. The van der Waals surface area contributed by atoms with Gasteiger partial charge in [-0.1, -0.05) is 0 Å². The van der Waals surface area contributed by atoms with E-state index in [9.17, 15) is 9.90 Å². The van der Waals surface area contributed by atoms with Crippen molar-refractivity contribution in [2.24, 2.45) is 0 Å². The molecule has 1 amide bonds. The van der Waals surface area contributed by atoms with Crippen molar-refractivity contribution in [3.05, 3.63) is 0 Å². The van der Waals surface area contributed by atoms with Gasteiger partial charge in [0, 0.05) is 38.6 Å². The number of hydrogen-bond acceptors (Lipinski definition) is 4. The molecule has 0 aromatic heterocycles. The minimum atomic E-state index is -0.747. The van der Waals surface area contributed by atoms with Gasteiger partial charge in [-0.15, -0.1) is 0 Å². The van der Waals surface area contributed by atoms with Crippen molar-refractivity contribution in [2.75, 3.05) is 19.7 Å². The van der Waals surface area contributed by atoms with E-state index >= 15 is 0 Å². The van der Waals surface area contributed by atoms with Crippen LogP contribution >= 0.6 is 0 Å². The van der Waals surface area contributed by atoms with Crippen LogP contribution in [0.2, 0.25) is 0 Å². The summed E-state index contributed by atoms with van der Waals surface area (Å²) in [6.45, 7) is 3.77. The molecule has 0 aromatic rings. The Kier molecular flexibility index (Phi) is 3.47. The third-order valence-corrected chi connectivity index (χ3v) is 3.57. The monoisotopic (exact) mass is 228 g/mol. The molecule has 0 spiro atoms. The van der Waals surface area contributed by atoms with Crippen molar-refractivity contribution in [1.29, 1.82) is 0 Å². The van der Waals surface area contributed by atoms with E-state index in [0.29, 0.717) is 26.0 Å². The normalized spacial score (nSPS) is 39.0. The highest BCUT2D eigenvalue weighted by atomic mass is 16.5. The quantitative estimate of drug-likeness (QED) is 0.600. The zero-order chi connectivity index (χ0) is 11.6. The van der Waals surface area contributed by atoms with Gasteiger partial charge in [-0.2, -0.15) is 0 Å². The smallest absolute Gasteiger partial charge is 0.220 e. The topological polar surface area (TPSA) is 70.6 Å². The van der Waals surface area contributed by atoms with Crippen molar-refractivity contribution >= 4 is 5.91 Å². The van der Waals surface area contributed by atoms with E-state index in [2.05, 4.69) is 10.6 Å². The van der Waals surface area contributed by atoms with Gasteiger partial charge in [0.2, 0.25) is 5.91 Å². The van der Waals surface area contributed by atoms with Gasteiger partial charge in [-0.3, -0.25) is 4.79 Å². The number of ether oxygens (including phenoxy) is 1. The Bertz CT molecular complexity index is 272. The third-order valence-electron chi connectivity index (χ3n) is 3.57. The summed E-state index contributed by atoms with van der Waals surface area (Å²) in [4.78, 5) is 11.0. The molecule has 5 heteroatoms. The largest absolute Gasteiger partial charge is 0.386 e. The zero-order valence-corrected chi connectivity index (χ0v) is 9.66. The molecule has 2 aliphatic rings. The van der Waals surface area contributed by atoms with Gasteiger partial charge in [0.25, 0.3) is 0 Å². The molecule has 0 saturated carbocycles. The minimum absolute atomic E-state index is 0.113. The van der Waals surface area contributed by atoms with Gasteiger partial charge >= 0.3 is 0 Å². The van der Waals surface area contributed by atoms with E-state index in [0.717, 1.165) is 13.0 Å². The maximum absolute atomic E-state index is 11.0. The summed E-state index contributed by atoms with van der Waals surface area (Å²) in [6.07, 6.45) is 2.07. The Balaban J connectivity index is 1.69. The second-order valence-electron chi connectivity index (χ2n) is 4.80. The van der Waals surface area contributed by atoms with Crippen LogP contribution in [0.4, 0.5) is 0 Å². The molecule has 2 rings (SSSR count). The fraction of sp³-hybridized carbons (Fsp3) is 0.909. The SMILES string of the molecule is CC1OCCC1(O)CNCC1CCC(=O)N1. The summed E-state index contributed by atoms with van der Waals surface area (Å²) in [5.41, 5.74) is -0.747. The molecule has 2 fully saturated rings. The molecule has 0 radical (unpaired) electrons. The predicted molar refractivity (Wildman–Crippen MR) is 59.0 cm³/mol. The summed E-state index contributed by atoms with van der Waals surface area (Å²) in [7, 11) is 0. The predicted octanol–water partition coefficient (Wildman–Crippen LogP) is -0.605. The number of nitrogens with one attached hydrogen (secondary N) is 2. The molecule has 3 N–H and O–H groups in total. The van der Waals surface area contributed by atoms with Crippen molar-refractivity contribution in [1.82, 2.24) is 10.6 Å². The maximum Gasteiger partial charge on any atom is 0.220 e. The van der Waals surface area contributed by atoms with Crippen LogP contribution in [0.1, 0.15) is 26.2 Å². The molecule has 92 valence electrons. The van der Waals surface area contributed by atoms with Crippen LogP contribution < -0.4 is 10.6 Å². The van der Waals surface area contributed by atoms with Crippen LogP contribution in [0.15, 0.2) is 0 Å². The first-order valence-corrected chi connectivity index (χ1v) is 5.94. The highest BCUT2D eigenvalue weighted by Crippen LogP contribution is 2.24. The number of amides is 1. The Morgan fingerprint density at radius 3 is 3.06 bits per heavy atom. The molecule has 5 nitrogen and oxygen atoms in total. The highest BCUT2D eigenvalue weighted by Gasteiger charge is 2.39. The molecular weight excluding hydrogens is 208 g/mol. The Labute approximate surface area is 95.5 Å². The van der Waals surface area contributed by atoms with Crippen molar-refractivity contribution < 1.29 is 14.6 Å². The zero-order valence-electron chi connectivity index (χ0n) is 9.66. The minimum Gasteiger partial charge on any atom is -0.386 e. The molecule has 0 aromatic carbocycles. The summed E-state index contributed by atoms with van der Waals surface area (Å²) in [5.74, 6) is 0.128. The fourth-order valence-electron chi connectivity index (χ4n) is 2.30. The third kappa shape index (κ3) is 2.53. The Morgan fingerprint density at radius 1 is 1.69 bits per heavy atom. The molecule has 16 heavy (non-hydrogen) atoms. The number of aliphatic hydroxyl groups is 1. The first-order valence-electron chi connectivity index (χ1n) is 5.94. The van der Waals surface area contributed by atoms with Gasteiger partial charge in [0.05, 0.1) is 6.10 Å². The Morgan fingerprint density at radius 2 is 2.50 bits per heavy atom. The molecule has 3 atom stereocenters. The van der Waals surface area contributed by atoms with E-state index < -0.39 is 5.60 Å². The lowest BCUT2D eigenvalue weighted by atomic mass is 9.96. The lowest BCUT2D eigenvalue weighted by Gasteiger charge is -2.27. The lowest BCUT2D eigenvalue weighted by molar-refractivity contribution is -0.119. The first-order chi connectivity index (χ1) is 7.60. The summed E-state index contributed by atoms with van der Waals surface area (Å²) < 4.78 is 5.35. The number of rotatable bonds is 4. The maximum atomic E-state index is 11.0. The highest BCUT2D eigenvalue weighted by molar-refractivity contribution is 5.78. The van der Waals surface area contributed by atoms with E-state index in [1.165, 1.54) is 0 Å². The van der Waals surface area contributed by atoms with Gasteiger partial charge in [0.1, 0.15) is 5.60 Å². The van der Waals surface area contributed by atoms with Crippen LogP contribution in [-0.2, 0) is 9.53 Å². The van der Waals surface area contributed by atoms with E-state index in [1.807, 2.05) is 6.92 Å². The molecule has 2 aliphatic heterocycles. The van der Waals surface area contributed by atoms with E-state index in [-0.39, 0.29) is 18.1 Å². The molecule has 0 aliphatic carbocycles. The van der Waals surface area contributed by atoms with Crippen LogP contribution in [-0.4, -0.2) is 48.5 Å². The second-order valence-corrected chi connectivity index (χ2v) is 4.80. The summed E-state index contributed by atoms with van der Waals surface area (Å²) in [6, 6.07) is 0.216. The average molecular weight is 228 g/mol. The molecule has 2 heterocycles. The molecule has 2 saturated heterocycles. The van der Waals surface area contributed by atoms with Crippen molar-refractivity contribution in [3.63, 3.8) is 0 Å². The first kappa shape index (κ1) is 11.8. The van der Waals surface area contributed by atoms with Crippen molar-refractivity contribution in [2.45, 2.75) is 43.9 Å². The molecular formula is C11H20N2O3. The van der Waals surface area contributed by atoms with Crippen LogP contribution in [0.5, 0.6) is 0 Å². The summed E-state index contributed by atoms with van der Waals surface area (Å²) >= 11 is 0. The standard InChI is InChI=1S/C11H20N2O3/c1-8-11(15,4-5-16-8)7-12-6-9-2-3-10(14)13-9/h8-9,12,15H,2-7H2,1H3,(H,13,14). The van der Waals surface area contributed by atoms with Gasteiger partial charge in [0.15, 0.2) is 0 Å². The average Bonchev–Trinajstić information content (AvgIpc) is 2.76. The van der Waals surface area contributed by atoms with Gasteiger partial charge in [-0.05, 0) is 13.3 Å². The number of carbonyl (C=O) groups excluding carboxylic acids is 1. The van der Waals surface area contributed by atoms with E-state index in [1.54, 1.807) is 0 Å². The van der Waals surface area contributed by atoms with Gasteiger partial charge in [-0.25, -0.2) is 0 Å². The number of hydrogen-bond donors (Lipinski definition) is 3. The Hall–Kier alpha value is -0.650. The van der Waals surface area contributed by atoms with Crippen LogP contribution in [0, 0.1) is 0 Å². The fourth-order valence-corrected chi connectivity index (χ4v) is 2.30. The molecule has 0 bridgehead atoms. The van der Waals surface area contributed by atoms with Crippen LogP contribution in [0.25, 0.3) is 0 Å². The second kappa shape index (κ2) is 4.69. The van der Waals surface area contributed by atoms with E-state index in [4.69, 9.17) is 4.74 Å². The van der Waals surface area contributed by atoms with Crippen molar-refractivity contribution in [3.8, 4) is 0 Å². The number of carbonyl (C=O) groups is 1. The van der Waals surface area contributed by atoms with Gasteiger partial charge < -0.3 is 20.5 Å². The van der Waals surface area contributed by atoms with Crippen LogP contribution in [0.3, 0.4) is 0 Å². The lowest BCUT2D eigenvalue weighted by Crippen LogP contribution is -2.48.